The number of nitrogens with one attached hydrogen (secondary N) is 1. The Kier molecular flexibility index (Phi) is 5.57. The molecule has 0 spiro atoms. The molecule has 1 aromatic heterocycles. The van der Waals surface area contributed by atoms with Gasteiger partial charge in [-0.3, -0.25) is 9.48 Å². The predicted molar refractivity (Wildman–Crippen MR) is 107 cm³/mol. The first-order chi connectivity index (χ1) is 13.7. The van der Waals surface area contributed by atoms with Crippen LogP contribution in [-0.4, -0.2) is 39.7 Å². The second-order valence-corrected chi connectivity index (χ2v) is 7.69. The van der Waals surface area contributed by atoms with Crippen molar-refractivity contribution in [2.45, 2.75) is 51.2 Å². The van der Waals surface area contributed by atoms with E-state index in [1.807, 2.05) is 21.7 Å². The molecule has 2 heterocycles. The maximum absolute atomic E-state index is 13.4. The highest BCUT2D eigenvalue weighted by atomic mass is 19.1. The van der Waals surface area contributed by atoms with Crippen molar-refractivity contribution in [1.82, 2.24) is 20.0 Å². The molecule has 0 radical (unpaired) electrons. The van der Waals surface area contributed by atoms with Gasteiger partial charge >= 0.3 is 0 Å². The Morgan fingerprint density at radius 2 is 2.18 bits per heavy atom. The van der Waals surface area contributed by atoms with Gasteiger partial charge in [0.15, 0.2) is 5.69 Å². The van der Waals surface area contributed by atoms with Crippen LogP contribution in [0.5, 0.6) is 0 Å². The van der Waals surface area contributed by atoms with Crippen molar-refractivity contribution in [3.8, 4) is 0 Å². The summed E-state index contributed by atoms with van der Waals surface area (Å²) in [4.78, 5) is 14.9. The van der Waals surface area contributed by atoms with E-state index in [1.54, 1.807) is 12.1 Å². The molecule has 6 heteroatoms. The Balaban J connectivity index is 1.52. The molecule has 1 amide bonds. The molecule has 1 fully saturated rings. The highest BCUT2D eigenvalue weighted by Gasteiger charge is 2.31. The number of fused-ring (bicyclic) bond motifs is 1. The van der Waals surface area contributed by atoms with Gasteiger partial charge in [-0.15, -0.1) is 6.58 Å². The summed E-state index contributed by atoms with van der Waals surface area (Å²) in [5.74, 6) is -0.156. The summed E-state index contributed by atoms with van der Waals surface area (Å²) in [5, 5.41) is 8.20. The monoisotopic (exact) mass is 382 g/mol. The molecule has 0 saturated carbocycles. The number of aromatic nitrogens is 2. The van der Waals surface area contributed by atoms with Crippen LogP contribution in [0.2, 0.25) is 0 Å². The average molecular weight is 382 g/mol. The third kappa shape index (κ3) is 3.87. The average Bonchev–Trinajstić information content (AvgIpc) is 3.35. The van der Waals surface area contributed by atoms with Gasteiger partial charge in [0.25, 0.3) is 5.91 Å². The largest absolute Gasteiger partial charge is 0.337 e. The molecular weight excluding hydrogens is 355 g/mol. The van der Waals surface area contributed by atoms with Crippen LogP contribution in [0.1, 0.15) is 46.6 Å². The lowest BCUT2D eigenvalue weighted by Crippen LogP contribution is -2.35. The number of carbonyl (C=O) groups is 1. The molecule has 2 aromatic rings. The maximum Gasteiger partial charge on any atom is 0.274 e. The Hall–Kier alpha value is -2.47. The zero-order chi connectivity index (χ0) is 19.5. The van der Waals surface area contributed by atoms with E-state index < -0.39 is 0 Å². The topological polar surface area (TPSA) is 50.2 Å². The van der Waals surface area contributed by atoms with Gasteiger partial charge in [-0.25, -0.2) is 4.39 Å². The summed E-state index contributed by atoms with van der Waals surface area (Å²) in [6.45, 7) is 6.71. The van der Waals surface area contributed by atoms with Crippen LogP contribution in [0.4, 0.5) is 4.39 Å². The molecule has 2 aliphatic rings. The van der Waals surface area contributed by atoms with E-state index in [9.17, 15) is 9.18 Å². The lowest BCUT2D eigenvalue weighted by atomic mass is 9.91. The molecular formula is C22H27FN4O. The van der Waals surface area contributed by atoms with Crippen molar-refractivity contribution in [3.63, 3.8) is 0 Å². The minimum absolute atomic E-state index is 0.0577. The van der Waals surface area contributed by atoms with Gasteiger partial charge in [0, 0.05) is 36.9 Å². The van der Waals surface area contributed by atoms with Crippen LogP contribution in [0, 0.1) is 5.82 Å². The Labute approximate surface area is 165 Å². The molecule has 1 aliphatic heterocycles. The zero-order valence-electron chi connectivity index (χ0n) is 16.2. The van der Waals surface area contributed by atoms with Crippen LogP contribution in [0.15, 0.2) is 36.9 Å². The second-order valence-electron chi connectivity index (χ2n) is 7.69. The fraction of sp³-hybridized carbons (Fsp3) is 0.455. The standard InChI is InChI=1S/C22H27FN4O/c1-2-10-27-20-9-8-18(24-15-16-6-5-7-17(23)13-16)14-19(20)21(25-27)22(28)26-11-3-4-12-26/h2,5-7,13,18,24H,1,3-4,8-12,14-15H2/t18-/m0/s1. The molecule has 1 aliphatic carbocycles. The van der Waals surface area contributed by atoms with E-state index in [1.165, 1.54) is 6.07 Å². The summed E-state index contributed by atoms with van der Waals surface area (Å²) < 4.78 is 15.3. The first-order valence-electron chi connectivity index (χ1n) is 10.1. The van der Waals surface area contributed by atoms with Crippen molar-refractivity contribution in [2.24, 2.45) is 0 Å². The van der Waals surface area contributed by atoms with Gasteiger partial charge in [-0.05, 0) is 49.8 Å². The van der Waals surface area contributed by atoms with Crippen LogP contribution < -0.4 is 5.32 Å². The van der Waals surface area contributed by atoms with Crippen LogP contribution >= 0.6 is 0 Å². The van der Waals surface area contributed by atoms with Gasteiger partial charge in [0.2, 0.25) is 0 Å². The number of hydrogen-bond donors (Lipinski definition) is 1. The van der Waals surface area contributed by atoms with Gasteiger partial charge < -0.3 is 10.2 Å². The SMILES string of the molecule is C=CCn1nc(C(=O)N2CCCC2)c2c1CC[C@H](NCc1cccc(F)c1)C2. The highest BCUT2D eigenvalue weighted by molar-refractivity contribution is 5.94. The smallest absolute Gasteiger partial charge is 0.274 e. The normalized spacial score (nSPS) is 18.9. The summed E-state index contributed by atoms with van der Waals surface area (Å²) in [7, 11) is 0. The number of nitrogens with zero attached hydrogens (tertiary/aromatic N) is 3. The Bertz CT molecular complexity index is 869. The lowest BCUT2D eigenvalue weighted by molar-refractivity contribution is 0.0785. The fourth-order valence-electron chi connectivity index (χ4n) is 4.29. The minimum Gasteiger partial charge on any atom is -0.337 e. The predicted octanol–water partition coefficient (Wildman–Crippen LogP) is 3.09. The lowest BCUT2D eigenvalue weighted by Gasteiger charge is -2.25. The quantitative estimate of drug-likeness (QED) is 0.781. The van der Waals surface area contributed by atoms with Gasteiger partial charge in [-0.1, -0.05) is 18.2 Å². The van der Waals surface area contributed by atoms with E-state index in [2.05, 4.69) is 17.0 Å². The van der Waals surface area contributed by atoms with Crippen molar-refractivity contribution < 1.29 is 9.18 Å². The summed E-state index contributed by atoms with van der Waals surface area (Å²) in [5.41, 5.74) is 3.77. The number of halogens is 1. The van der Waals surface area contributed by atoms with Gasteiger partial charge in [0.05, 0.1) is 6.54 Å². The second kappa shape index (κ2) is 8.27. The number of likely N-dealkylation sites (tertiary alicyclic amines) is 1. The molecule has 4 rings (SSSR count). The van der Waals surface area contributed by atoms with Gasteiger partial charge in [-0.2, -0.15) is 5.10 Å². The number of hydrogen-bond acceptors (Lipinski definition) is 3. The number of allylic oxidation sites excluding steroid dienone is 1. The van der Waals surface area contributed by atoms with E-state index >= 15 is 0 Å². The van der Waals surface area contributed by atoms with Gasteiger partial charge in [0.1, 0.15) is 5.82 Å². The third-order valence-electron chi connectivity index (χ3n) is 5.73. The third-order valence-corrected chi connectivity index (χ3v) is 5.73. The number of benzene rings is 1. The minimum atomic E-state index is -0.213. The molecule has 0 bridgehead atoms. The molecule has 5 nitrogen and oxygen atoms in total. The summed E-state index contributed by atoms with van der Waals surface area (Å²) in [6, 6.07) is 6.93. The molecule has 0 unspecified atom stereocenters. The molecule has 1 atom stereocenters. The Morgan fingerprint density at radius 3 is 2.93 bits per heavy atom. The highest BCUT2D eigenvalue weighted by Crippen LogP contribution is 2.27. The first kappa shape index (κ1) is 18.9. The van der Waals surface area contributed by atoms with Crippen molar-refractivity contribution in [2.75, 3.05) is 13.1 Å². The van der Waals surface area contributed by atoms with E-state index in [-0.39, 0.29) is 17.8 Å². The number of amides is 1. The number of carbonyl (C=O) groups excluding carboxylic acids is 1. The van der Waals surface area contributed by atoms with E-state index in [4.69, 9.17) is 0 Å². The zero-order valence-corrected chi connectivity index (χ0v) is 16.2. The molecule has 148 valence electrons. The summed E-state index contributed by atoms with van der Waals surface area (Å²) >= 11 is 0. The van der Waals surface area contributed by atoms with Crippen molar-refractivity contribution >= 4 is 5.91 Å². The first-order valence-corrected chi connectivity index (χ1v) is 10.1. The van der Waals surface area contributed by atoms with Crippen molar-refractivity contribution in [3.05, 3.63) is 65.3 Å². The fourth-order valence-corrected chi connectivity index (χ4v) is 4.29. The maximum atomic E-state index is 13.4. The number of rotatable bonds is 6. The van der Waals surface area contributed by atoms with E-state index in [0.717, 1.165) is 62.0 Å². The Morgan fingerprint density at radius 1 is 1.36 bits per heavy atom. The molecule has 28 heavy (non-hydrogen) atoms. The molecule has 1 N–H and O–H groups in total. The van der Waals surface area contributed by atoms with Crippen LogP contribution in [-0.2, 0) is 25.9 Å². The molecule has 1 aromatic carbocycles. The molecule has 1 saturated heterocycles. The van der Waals surface area contributed by atoms with E-state index in [0.29, 0.717) is 18.8 Å². The summed E-state index contributed by atoms with van der Waals surface area (Å²) in [6.07, 6.45) is 6.59. The van der Waals surface area contributed by atoms with Crippen molar-refractivity contribution in [1.29, 1.82) is 0 Å². The van der Waals surface area contributed by atoms with Crippen LogP contribution in [0.25, 0.3) is 0 Å². The van der Waals surface area contributed by atoms with Crippen LogP contribution in [0.3, 0.4) is 0 Å².